The van der Waals surface area contributed by atoms with Crippen LogP contribution < -0.4 is 0 Å². The van der Waals surface area contributed by atoms with E-state index in [2.05, 4.69) is 0 Å². The summed E-state index contributed by atoms with van der Waals surface area (Å²) in [5.41, 5.74) is 0. The molecule has 2 N–H and O–H groups in total. The summed E-state index contributed by atoms with van der Waals surface area (Å²) in [6.45, 7) is 0. The smallest absolute Gasteiger partial charge is 0.264 e. The summed E-state index contributed by atoms with van der Waals surface area (Å²) in [5.74, 6) is 0. The van der Waals surface area contributed by atoms with E-state index in [0.717, 1.165) is 0 Å². The van der Waals surface area contributed by atoms with Crippen molar-refractivity contribution in [3.63, 3.8) is 0 Å². The van der Waals surface area contributed by atoms with Crippen LogP contribution in [0.1, 0.15) is 0 Å². The van der Waals surface area contributed by atoms with E-state index in [4.69, 9.17) is 17.5 Å². The van der Waals surface area contributed by atoms with Gasteiger partial charge in [-0.1, -0.05) is 0 Å². The van der Waals surface area contributed by atoms with Crippen molar-refractivity contribution >= 4 is 33.5 Å². The highest BCUT2D eigenvalue weighted by atomic mass is 32.3. The van der Waals surface area contributed by atoms with Gasteiger partial charge in [-0.3, -0.25) is 9.11 Å². The molecule has 4 nitrogen and oxygen atoms in total. The first kappa shape index (κ1) is 9.81. The molecule has 34 valence electrons. The Bertz CT molecular complexity index is 90.7. The lowest BCUT2D eigenvalue weighted by Crippen LogP contribution is -1.89. The van der Waals surface area contributed by atoms with E-state index < -0.39 is 10.4 Å². The van der Waals surface area contributed by atoms with Gasteiger partial charge in [0.2, 0.25) is 0 Å². The molecule has 0 aromatic carbocycles. The van der Waals surface area contributed by atoms with Gasteiger partial charge < -0.3 is 0 Å². The zero-order valence-corrected chi connectivity index (χ0v) is 5.06. The Hall–Kier alpha value is 0.636. The Morgan fingerprint density at radius 1 is 1.17 bits per heavy atom. The van der Waals surface area contributed by atoms with Crippen molar-refractivity contribution in [1.82, 2.24) is 0 Å². The van der Waals surface area contributed by atoms with E-state index in [-0.39, 0.29) is 23.1 Å². The van der Waals surface area contributed by atoms with Gasteiger partial charge in [0, 0.05) is 23.1 Å². The van der Waals surface area contributed by atoms with Gasteiger partial charge in [-0.05, 0) is 0 Å². The molecule has 0 saturated heterocycles. The van der Waals surface area contributed by atoms with Gasteiger partial charge in [-0.2, -0.15) is 8.42 Å². The van der Waals surface area contributed by atoms with Crippen LogP contribution in [-0.2, 0) is 10.4 Å². The third kappa shape index (κ3) is 151. The summed E-state index contributed by atoms with van der Waals surface area (Å²) in [6.07, 6.45) is 0. The van der Waals surface area contributed by atoms with Crippen molar-refractivity contribution in [1.29, 1.82) is 0 Å². The maximum atomic E-state index is 8.74. The van der Waals surface area contributed by atoms with Gasteiger partial charge >= 0.3 is 10.4 Å². The van der Waals surface area contributed by atoms with Crippen LogP contribution >= 0.6 is 0 Å². The molecule has 6 heteroatoms. The van der Waals surface area contributed by atoms with E-state index in [0.29, 0.717) is 0 Å². The van der Waals surface area contributed by atoms with E-state index in [1.807, 2.05) is 0 Å². The Labute approximate surface area is 51.3 Å². The van der Waals surface area contributed by atoms with Crippen LogP contribution in [-0.4, -0.2) is 40.6 Å². The van der Waals surface area contributed by atoms with E-state index >= 15 is 0 Å². The molecule has 0 atom stereocenters. The topological polar surface area (TPSA) is 74.6 Å². The summed E-state index contributed by atoms with van der Waals surface area (Å²) in [7, 11) is -4.67. The number of hydrogen-bond donors (Lipinski definition) is 2. The zero-order chi connectivity index (χ0) is 4.50. The second kappa shape index (κ2) is 2.75. The van der Waals surface area contributed by atoms with E-state index in [9.17, 15) is 0 Å². The molecule has 0 aromatic rings. The SMILES string of the molecule is O=S(=O)(O)O.[Mg]. The molecule has 2 radical (unpaired) electrons. The molecule has 0 aromatic heterocycles. The van der Waals surface area contributed by atoms with Crippen molar-refractivity contribution in [3.05, 3.63) is 0 Å². The summed E-state index contributed by atoms with van der Waals surface area (Å²) < 4.78 is 31.6. The van der Waals surface area contributed by atoms with Crippen LogP contribution in [0.2, 0.25) is 0 Å². The van der Waals surface area contributed by atoms with E-state index in [1.54, 1.807) is 0 Å². The first-order chi connectivity index (χ1) is 2.00. The van der Waals surface area contributed by atoms with Crippen LogP contribution in [0.4, 0.5) is 0 Å². The van der Waals surface area contributed by atoms with Gasteiger partial charge in [0.05, 0.1) is 0 Å². The van der Waals surface area contributed by atoms with Gasteiger partial charge in [0.25, 0.3) is 0 Å². The molecule has 0 spiro atoms. The summed E-state index contributed by atoms with van der Waals surface area (Å²) in [5, 5.41) is 0. The van der Waals surface area contributed by atoms with Crippen molar-refractivity contribution in [2.24, 2.45) is 0 Å². The predicted molar refractivity (Wildman–Crippen MR) is 19.9 cm³/mol. The lowest BCUT2D eigenvalue weighted by Gasteiger charge is -1.68. The van der Waals surface area contributed by atoms with Gasteiger partial charge in [-0.15, -0.1) is 0 Å². The summed E-state index contributed by atoms with van der Waals surface area (Å²) >= 11 is 0. The van der Waals surface area contributed by atoms with Crippen molar-refractivity contribution in [2.45, 2.75) is 0 Å². The van der Waals surface area contributed by atoms with Crippen molar-refractivity contribution < 1.29 is 17.5 Å². The normalized spacial score (nSPS) is 9.67. The number of rotatable bonds is 0. The minimum atomic E-state index is -4.67. The zero-order valence-electron chi connectivity index (χ0n) is 2.83. The lowest BCUT2D eigenvalue weighted by molar-refractivity contribution is 0.381. The quantitative estimate of drug-likeness (QED) is 0.318. The molecule has 0 amide bonds. The highest BCUT2D eigenvalue weighted by molar-refractivity contribution is 7.79. The maximum Gasteiger partial charge on any atom is 0.394 e. The molecule has 0 aliphatic carbocycles. The second-order valence-corrected chi connectivity index (χ2v) is 1.34. The molecule has 0 aliphatic rings. The molecule has 0 saturated carbocycles. The Balaban J connectivity index is 0. The molecule has 0 unspecified atom stereocenters. The molecule has 0 aliphatic heterocycles. The number of hydrogen-bond acceptors (Lipinski definition) is 2. The van der Waals surface area contributed by atoms with Gasteiger partial charge in [0.15, 0.2) is 0 Å². The fraction of sp³-hybridized carbons (Fsp3) is 0. The first-order valence-corrected chi connectivity index (χ1v) is 2.10. The molecule has 6 heavy (non-hydrogen) atoms. The highest BCUT2D eigenvalue weighted by Gasteiger charge is 1.84. The van der Waals surface area contributed by atoms with Crippen LogP contribution in [0.3, 0.4) is 0 Å². The molecule has 0 bridgehead atoms. The molecular formula is H2MgO4S. The maximum absolute atomic E-state index is 8.74. The molecule has 0 heterocycles. The van der Waals surface area contributed by atoms with Crippen molar-refractivity contribution in [2.75, 3.05) is 0 Å². The van der Waals surface area contributed by atoms with E-state index in [1.165, 1.54) is 0 Å². The Kier molecular flexibility index (Phi) is 4.50. The third-order valence-electron chi connectivity index (χ3n) is 0. The van der Waals surface area contributed by atoms with Crippen LogP contribution in [0.25, 0.3) is 0 Å². The minimum Gasteiger partial charge on any atom is -0.264 e. The molecule has 0 fully saturated rings. The van der Waals surface area contributed by atoms with Crippen molar-refractivity contribution in [3.8, 4) is 0 Å². The second-order valence-electron chi connectivity index (χ2n) is 0.448. The highest BCUT2D eigenvalue weighted by Crippen LogP contribution is 1.59. The van der Waals surface area contributed by atoms with Gasteiger partial charge in [-0.25, -0.2) is 0 Å². The summed E-state index contributed by atoms with van der Waals surface area (Å²) in [6, 6.07) is 0. The lowest BCUT2D eigenvalue weighted by atomic mass is 15.8. The van der Waals surface area contributed by atoms with Crippen LogP contribution in [0.15, 0.2) is 0 Å². The average Bonchev–Trinajstić information content (AvgIpc) is 0.722. The molecular weight excluding hydrogens is 120 g/mol. The largest absolute Gasteiger partial charge is 0.394 e. The van der Waals surface area contributed by atoms with Gasteiger partial charge in [0.1, 0.15) is 0 Å². The Morgan fingerprint density at radius 2 is 1.17 bits per heavy atom. The average molecular weight is 122 g/mol. The first-order valence-electron chi connectivity index (χ1n) is 0.698. The fourth-order valence-electron chi connectivity index (χ4n) is 0. The summed E-state index contributed by atoms with van der Waals surface area (Å²) in [4.78, 5) is 0. The Morgan fingerprint density at radius 3 is 1.17 bits per heavy atom. The fourth-order valence-corrected chi connectivity index (χ4v) is 0. The monoisotopic (exact) mass is 122 g/mol. The van der Waals surface area contributed by atoms with Crippen LogP contribution in [0.5, 0.6) is 0 Å². The molecule has 0 rings (SSSR count). The third-order valence-corrected chi connectivity index (χ3v) is 0. The van der Waals surface area contributed by atoms with Crippen LogP contribution in [0, 0.1) is 0 Å². The predicted octanol–water partition coefficient (Wildman–Crippen LogP) is -1.03. The minimum absolute atomic E-state index is 0. The standard InChI is InChI=1S/Mg.H2O4S/c;1-5(2,3)4/h;(H2,1,2,3,4).